The zero-order valence-corrected chi connectivity index (χ0v) is 12.8. The summed E-state index contributed by atoms with van der Waals surface area (Å²) in [5, 5.41) is 16.5. The third-order valence-corrected chi connectivity index (χ3v) is 3.84. The van der Waals surface area contributed by atoms with Gasteiger partial charge in [-0.15, -0.1) is 10.2 Å². The minimum absolute atomic E-state index is 0.188. The maximum atomic E-state index is 12.1. The van der Waals surface area contributed by atoms with Crippen LogP contribution in [-0.2, 0) is 13.5 Å². The van der Waals surface area contributed by atoms with Gasteiger partial charge in [-0.05, 0) is 13.3 Å². The maximum absolute atomic E-state index is 12.1. The van der Waals surface area contributed by atoms with Crippen LogP contribution in [0.5, 0.6) is 0 Å². The Hall–Kier alpha value is -1.76. The average molecular weight is 293 g/mol. The van der Waals surface area contributed by atoms with Crippen molar-refractivity contribution in [1.29, 1.82) is 0 Å². The highest BCUT2D eigenvalue weighted by Gasteiger charge is 2.14. The lowest BCUT2D eigenvalue weighted by Crippen LogP contribution is -2.12. The summed E-state index contributed by atoms with van der Waals surface area (Å²) in [6.45, 7) is 3.98. The highest BCUT2D eigenvalue weighted by Crippen LogP contribution is 2.18. The molecule has 20 heavy (non-hydrogen) atoms. The standard InChI is InChI=1S/C13H19N5OS/c1-4-5-6-7-11-15-16-13(20-11)14-12(19)10-8-18(3)17-9(10)2/h8H,4-7H2,1-3H3,(H,14,16,19). The third-order valence-electron chi connectivity index (χ3n) is 2.94. The number of rotatable bonds is 6. The van der Waals surface area contributed by atoms with E-state index >= 15 is 0 Å². The number of nitrogens with zero attached hydrogens (tertiary/aromatic N) is 4. The van der Waals surface area contributed by atoms with E-state index in [-0.39, 0.29) is 5.91 Å². The van der Waals surface area contributed by atoms with Crippen molar-refractivity contribution in [1.82, 2.24) is 20.0 Å². The van der Waals surface area contributed by atoms with Crippen molar-refractivity contribution in [2.75, 3.05) is 5.32 Å². The highest BCUT2D eigenvalue weighted by atomic mass is 32.1. The third kappa shape index (κ3) is 3.63. The Kier molecular flexibility index (Phi) is 4.84. The molecule has 0 fully saturated rings. The molecule has 0 aliphatic carbocycles. The lowest BCUT2D eigenvalue weighted by molar-refractivity contribution is 0.102. The Morgan fingerprint density at radius 2 is 2.20 bits per heavy atom. The minimum atomic E-state index is -0.188. The summed E-state index contributed by atoms with van der Waals surface area (Å²) in [6.07, 6.45) is 6.11. The van der Waals surface area contributed by atoms with Crippen LogP contribution in [0.3, 0.4) is 0 Å². The molecule has 0 bridgehead atoms. The van der Waals surface area contributed by atoms with Crippen LogP contribution in [-0.4, -0.2) is 25.9 Å². The minimum Gasteiger partial charge on any atom is -0.296 e. The van der Waals surface area contributed by atoms with Gasteiger partial charge in [0.05, 0.1) is 11.3 Å². The number of anilines is 1. The molecule has 0 radical (unpaired) electrons. The van der Waals surface area contributed by atoms with Crippen molar-refractivity contribution in [2.24, 2.45) is 7.05 Å². The van der Waals surface area contributed by atoms with Crippen molar-refractivity contribution in [3.63, 3.8) is 0 Å². The Morgan fingerprint density at radius 3 is 2.85 bits per heavy atom. The van der Waals surface area contributed by atoms with Gasteiger partial charge in [0.1, 0.15) is 5.01 Å². The fourth-order valence-electron chi connectivity index (χ4n) is 1.92. The second-order valence-corrected chi connectivity index (χ2v) is 5.78. The molecule has 2 aromatic heterocycles. The number of amides is 1. The molecule has 0 aliphatic rings. The van der Waals surface area contributed by atoms with Crippen LogP contribution < -0.4 is 5.32 Å². The first-order valence-corrected chi connectivity index (χ1v) is 7.55. The van der Waals surface area contributed by atoms with Crippen molar-refractivity contribution >= 4 is 22.4 Å². The zero-order valence-electron chi connectivity index (χ0n) is 12.0. The van der Waals surface area contributed by atoms with E-state index in [4.69, 9.17) is 0 Å². The van der Waals surface area contributed by atoms with Crippen LogP contribution >= 0.6 is 11.3 Å². The highest BCUT2D eigenvalue weighted by molar-refractivity contribution is 7.15. The number of aromatic nitrogens is 4. The fourth-order valence-corrected chi connectivity index (χ4v) is 2.69. The van der Waals surface area contributed by atoms with Crippen LogP contribution in [0, 0.1) is 6.92 Å². The van der Waals surface area contributed by atoms with Gasteiger partial charge in [-0.1, -0.05) is 31.1 Å². The number of unbranched alkanes of at least 4 members (excludes halogenated alkanes) is 2. The number of carbonyl (C=O) groups is 1. The van der Waals surface area contributed by atoms with Gasteiger partial charge in [0.15, 0.2) is 0 Å². The Balaban J connectivity index is 1.96. The Labute approximate surface area is 122 Å². The molecule has 7 heteroatoms. The van der Waals surface area contributed by atoms with E-state index in [1.807, 2.05) is 6.92 Å². The van der Waals surface area contributed by atoms with Gasteiger partial charge >= 0.3 is 0 Å². The molecular formula is C13H19N5OS. The van der Waals surface area contributed by atoms with E-state index in [0.717, 1.165) is 17.8 Å². The summed E-state index contributed by atoms with van der Waals surface area (Å²) in [5.41, 5.74) is 1.27. The van der Waals surface area contributed by atoms with Crippen LogP contribution in [0.15, 0.2) is 6.20 Å². The monoisotopic (exact) mass is 293 g/mol. The molecule has 1 N–H and O–H groups in total. The Morgan fingerprint density at radius 1 is 1.40 bits per heavy atom. The van der Waals surface area contributed by atoms with Crippen LogP contribution in [0.4, 0.5) is 5.13 Å². The van der Waals surface area contributed by atoms with Gasteiger partial charge in [-0.3, -0.25) is 14.8 Å². The number of hydrogen-bond donors (Lipinski definition) is 1. The number of carbonyl (C=O) groups excluding carboxylic acids is 1. The fraction of sp³-hybridized carbons (Fsp3) is 0.538. The summed E-state index contributed by atoms with van der Waals surface area (Å²) in [7, 11) is 1.79. The van der Waals surface area contributed by atoms with E-state index in [0.29, 0.717) is 16.4 Å². The zero-order chi connectivity index (χ0) is 14.5. The van der Waals surface area contributed by atoms with Crippen molar-refractivity contribution in [3.8, 4) is 0 Å². The lowest BCUT2D eigenvalue weighted by Gasteiger charge is -1.98. The first-order valence-electron chi connectivity index (χ1n) is 6.74. The molecule has 0 aliphatic heterocycles. The SMILES string of the molecule is CCCCCc1nnc(NC(=O)c2cn(C)nc2C)s1. The molecule has 1 amide bonds. The van der Waals surface area contributed by atoms with Gasteiger partial charge in [0.2, 0.25) is 5.13 Å². The van der Waals surface area contributed by atoms with E-state index in [1.54, 1.807) is 17.9 Å². The van der Waals surface area contributed by atoms with Gasteiger partial charge in [0, 0.05) is 19.7 Å². The number of aryl methyl sites for hydroxylation is 3. The molecule has 0 atom stereocenters. The van der Waals surface area contributed by atoms with Crippen LogP contribution in [0.2, 0.25) is 0 Å². The summed E-state index contributed by atoms with van der Waals surface area (Å²) >= 11 is 1.44. The predicted octanol–water partition coefficient (Wildman–Crippen LogP) is 2.57. The van der Waals surface area contributed by atoms with Crippen molar-refractivity contribution in [3.05, 3.63) is 22.5 Å². The molecule has 0 spiro atoms. The van der Waals surface area contributed by atoms with Crippen LogP contribution in [0.1, 0.15) is 47.2 Å². The first kappa shape index (κ1) is 14.6. The largest absolute Gasteiger partial charge is 0.296 e. The van der Waals surface area contributed by atoms with Gasteiger partial charge < -0.3 is 0 Å². The van der Waals surface area contributed by atoms with E-state index in [2.05, 4.69) is 27.5 Å². The van der Waals surface area contributed by atoms with E-state index in [9.17, 15) is 4.79 Å². The topological polar surface area (TPSA) is 72.7 Å². The predicted molar refractivity (Wildman–Crippen MR) is 79.0 cm³/mol. The summed E-state index contributed by atoms with van der Waals surface area (Å²) in [4.78, 5) is 12.1. The molecule has 0 unspecified atom stereocenters. The molecule has 0 aromatic carbocycles. The second kappa shape index (κ2) is 6.60. The second-order valence-electron chi connectivity index (χ2n) is 4.71. The summed E-state index contributed by atoms with van der Waals surface area (Å²) in [5.74, 6) is -0.188. The Bertz CT molecular complexity index is 589. The lowest BCUT2D eigenvalue weighted by atomic mass is 10.2. The van der Waals surface area contributed by atoms with Gasteiger partial charge in [0.25, 0.3) is 5.91 Å². The summed E-state index contributed by atoms with van der Waals surface area (Å²) in [6, 6.07) is 0. The van der Waals surface area contributed by atoms with Gasteiger partial charge in [-0.2, -0.15) is 5.10 Å². The normalized spacial score (nSPS) is 10.8. The first-order chi connectivity index (χ1) is 9.60. The maximum Gasteiger partial charge on any atom is 0.260 e. The average Bonchev–Trinajstić information content (AvgIpc) is 2.96. The van der Waals surface area contributed by atoms with Gasteiger partial charge in [-0.25, -0.2) is 0 Å². The smallest absolute Gasteiger partial charge is 0.260 e. The summed E-state index contributed by atoms with van der Waals surface area (Å²) < 4.78 is 1.63. The number of hydrogen-bond acceptors (Lipinski definition) is 5. The van der Waals surface area contributed by atoms with Crippen LogP contribution in [0.25, 0.3) is 0 Å². The van der Waals surface area contributed by atoms with Crippen molar-refractivity contribution < 1.29 is 4.79 Å². The molecule has 2 aromatic rings. The molecule has 0 saturated heterocycles. The molecule has 6 nitrogen and oxygen atoms in total. The molecule has 0 saturated carbocycles. The number of nitrogens with one attached hydrogen (secondary N) is 1. The van der Waals surface area contributed by atoms with E-state index in [1.165, 1.54) is 24.2 Å². The molecule has 108 valence electrons. The van der Waals surface area contributed by atoms with Crippen molar-refractivity contribution in [2.45, 2.75) is 39.5 Å². The molecule has 2 rings (SSSR count). The molecule has 2 heterocycles. The van der Waals surface area contributed by atoms with E-state index < -0.39 is 0 Å². The molecular weight excluding hydrogens is 274 g/mol. The quantitative estimate of drug-likeness (QED) is 0.831.